The van der Waals surface area contributed by atoms with Crippen molar-refractivity contribution in [3.8, 4) is 6.07 Å². The lowest BCUT2D eigenvalue weighted by atomic mass is 9.94. The third-order valence-corrected chi connectivity index (χ3v) is 3.58. The quantitative estimate of drug-likeness (QED) is 0.667. The van der Waals surface area contributed by atoms with E-state index in [-0.39, 0.29) is 11.7 Å². The van der Waals surface area contributed by atoms with Crippen molar-refractivity contribution in [1.82, 2.24) is 10.3 Å². The predicted octanol–water partition coefficient (Wildman–Crippen LogP) is 1.75. The molecule has 0 saturated heterocycles. The molecule has 0 aromatic carbocycles. The van der Waals surface area contributed by atoms with E-state index in [1.54, 1.807) is 13.0 Å². The molecule has 1 heterocycles. The summed E-state index contributed by atoms with van der Waals surface area (Å²) >= 11 is 0. The first-order chi connectivity index (χ1) is 9.63. The number of aromatic nitrogens is 1. The first-order valence-electron chi connectivity index (χ1n) is 6.77. The molecule has 6 nitrogen and oxygen atoms in total. The molecule has 1 fully saturated rings. The van der Waals surface area contributed by atoms with Gasteiger partial charge in [-0.15, -0.1) is 0 Å². The van der Waals surface area contributed by atoms with Crippen LogP contribution in [0.4, 0.5) is 0 Å². The number of hydrogen-bond donors (Lipinski definition) is 1. The number of rotatable bonds is 4. The Morgan fingerprint density at radius 3 is 2.70 bits per heavy atom. The van der Waals surface area contributed by atoms with Crippen molar-refractivity contribution in [1.29, 1.82) is 5.26 Å². The molecule has 1 aliphatic carbocycles. The van der Waals surface area contributed by atoms with Crippen LogP contribution in [0.3, 0.4) is 0 Å². The van der Waals surface area contributed by atoms with Crippen molar-refractivity contribution < 1.29 is 14.0 Å². The van der Waals surface area contributed by atoms with E-state index in [1.165, 1.54) is 6.42 Å². The topological polar surface area (TPSA) is 96.0 Å². The summed E-state index contributed by atoms with van der Waals surface area (Å²) in [4.78, 5) is 28.0. The fraction of sp³-hybridized carbons (Fsp3) is 0.571. The first kappa shape index (κ1) is 14.3. The molecule has 0 aliphatic heterocycles. The minimum Gasteiger partial charge on any atom is -0.448 e. The largest absolute Gasteiger partial charge is 0.448 e. The SMILES string of the molecule is Cc1ocnc1C(=O)[C@H](C#N)C(=O)NC1CCCCC1. The van der Waals surface area contributed by atoms with Crippen LogP contribution in [0, 0.1) is 24.2 Å². The smallest absolute Gasteiger partial charge is 0.245 e. The van der Waals surface area contributed by atoms with E-state index in [0.29, 0.717) is 5.76 Å². The molecule has 6 heteroatoms. The van der Waals surface area contributed by atoms with Gasteiger partial charge in [-0.05, 0) is 19.8 Å². The van der Waals surface area contributed by atoms with E-state index in [0.717, 1.165) is 32.1 Å². The van der Waals surface area contributed by atoms with Gasteiger partial charge in [0.05, 0.1) is 6.07 Å². The third-order valence-electron chi connectivity index (χ3n) is 3.58. The van der Waals surface area contributed by atoms with Crippen LogP contribution in [-0.2, 0) is 4.79 Å². The molecule has 0 bridgehead atoms. The Bertz CT molecular complexity index is 538. The summed E-state index contributed by atoms with van der Waals surface area (Å²) in [6.07, 6.45) is 6.25. The second-order valence-electron chi connectivity index (χ2n) is 5.03. The van der Waals surface area contributed by atoms with Gasteiger partial charge >= 0.3 is 0 Å². The monoisotopic (exact) mass is 275 g/mol. The Hall–Kier alpha value is -2.16. The summed E-state index contributed by atoms with van der Waals surface area (Å²) in [6, 6.07) is 1.83. The maximum absolute atomic E-state index is 12.1. The van der Waals surface area contributed by atoms with Crippen molar-refractivity contribution in [3.63, 3.8) is 0 Å². The molecular formula is C14H17N3O3. The second kappa shape index (κ2) is 6.33. The van der Waals surface area contributed by atoms with Gasteiger partial charge in [0.1, 0.15) is 11.5 Å². The van der Waals surface area contributed by atoms with Crippen LogP contribution in [0.1, 0.15) is 48.4 Å². The van der Waals surface area contributed by atoms with E-state index >= 15 is 0 Å². The Morgan fingerprint density at radius 1 is 1.45 bits per heavy atom. The summed E-state index contributed by atoms with van der Waals surface area (Å²) in [5.41, 5.74) is 0.0512. The number of ketones is 1. The number of Topliss-reactive ketones (excluding diaryl/α,β-unsaturated/α-hetero) is 1. The summed E-state index contributed by atoms with van der Waals surface area (Å²) in [5.74, 6) is -2.18. The molecule has 106 valence electrons. The lowest BCUT2D eigenvalue weighted by Crippen LogP contribution is -2.42. The van der Waals surface area contributed by atoms with Crippen LogP contribution in [0.5, 0.6) is 0 Å². The van der Waals surface area contributed by atoms with Crippen molar-refractivity contribution in [2.75, 3.05) is 0 Å². The molecule has 2 rings (SSSR count). The zero-order valence-corrected chi connectivity index (χ0v) is 11.4. The molecule has 1 aliphatic rings. The highest BCUT2D eigenvalue weighted by molar-refractivity contribution is 6.11. The van der Waals surface area contributed by atoms with E-state index in [2.05, 4.69) is 10.3 Å². The Kier molecular flexibility index (Phi) is 4.51. The minimum atomic E-state index is -1.36. The Morgan fingerprint density at radius 2 is 2.15 bits per heavy atom. The molecule has 1 N–H and O–H groups in total. The summed E-state index contributed by atoms with van der Waals surface area (Å²) in [5, 5.41) is 11.9. The molecule has 0 spiro atoms. The standard InChI is InChI=1S/C14H17N3O3/c1-9-12(16-8-20-9)13(18)11(7-15)14(19)17-10-5-3-2-4-6-10/h8,10-11H,2-6H2,1H3,(H,17,19)/t11-/m0/s1. The maximum atomic E-state index is 12.1. The highest BCUT2D eigenvalue weighted by atomic mass is 16.3. The van der Waals surface area contributed by atoms with Crippen molar-refractivity contribution in [2.24, 2.45) is 5.92 Å². The van der Waals surface area contributed by atoms with Crippen LogP contribution in [0.2, 0.25) is 0 Å². The fourth-order valence-corrected chi connectivity index (χ4v) is 2.45. The first-order valence-corrected chi connectivity index (χ1v) is 6.77. The highest BCUT2D eigenvalue weighted by Crippen LogP contribution is 2.18. The van der Waals surface area contributed by atoms with Gasteiger partial charge in [0.2, 0.25) is 11.7 Å². The maximum Gasteiger partial charge on any atom is 0.245 e. The van der Waals surface area contributed by atoms with Crippen LogP contribution in [-0.4, -0.2) is 22.7 Å². The molecule has 20 heavy (non-hydrogen) atoms. The van der Waals surface area contributed by atoms with Crippen molar-refractivity contribution in [3.05, 3.63) is 17.8 Å². The van der Waals surface area contributed by atoms with Gasteiger partial charge in [0.15, 0.2) is 12.3 Å². The van der Waals surface area contributed by atoms with Gasteiger partial charge in [0.25, 0.3) is 0 Å². The van der Waals surface area contributed by atoms with Gasteiger partial charge in [-0.3, -0.25) is 9.59 Å². The van der Waals surface area contributed by atoms with E-state index in [1.807, 2.05) is 0 Å². The normalized spacial score (nSPS) is 17.2. The fourth-order valence-electron chi connectivity index (χ4n) is 2.45. The van der Waals surface area contributed by atoms with Gasteiger partial charge in [-0.1, -0.05) is 19.3 Å². The van der Waals surface area contributed by atoms with Gasteiger partial charge in [-0.2, -0.15) is 5.26 Å². The zero-order valence-electron chi connectivity index (χ0n) is 11.4. The highest BCUT2D eigenvalue weighted by Gasteiger charge is 2.32. The summed E-state index contributed by atoms with van der Waals surface area (Å²) in [6.45, 7) is 1.58. The average molecular weight is 275 g/mol. The molecule has 0 unspecified atom stereocenters. The van der Waals surface area contributed by atoms with Gasteiger partial charge in [-0.25, -0.2) is 4.98 Å². The number of carbonyl (C=O) groups excluding carboxylic acids is 2. The molecule has 0 radical (unpaired) electrons. The average Bonchev–Trinajstić information content (AvgIpc) is 2.86. The summed E-state index contributed by atoms with van der Waals surface area (Å²) in [7, 11) is 0. The van der Waals surface area contributed by atoms with E-state index < -0.39 is 17.6 Å². The number of hydrogen-bond acceptors (Lipinski definition) is 5. The lowest BCUT2D eigenvalue weighted by Gasteiger charge is -2.23. The number of nitrogens with zero attached hydrogens (tertiary/aromatic N) is 2. The number of aryl methyl sites for hydroxylation is 1. The molecule has 1 aromatic rings. The number of carbonyl (C=O) groups is 2. The number of nitriles is 1. The number of nitrogens with one attached hydrogen (secondary N) is 1. The van der Waals surface area contributed by atoms with Crippen LogP contribution in [0.25, 0.3) is 0 Å². The van der Waals surface area contributed by atoms with Gasteiger partial charge in [0, 0.05) is 6.04 Å². The summed E-state index contributed by atoms with van der Waals surface area (Å²) < 4.78 is 4.94. The number of amides is 1. The van der Waals surface area contributed by atoms with Crippen LogP contribution < -0.4 is 5.32 Å². The molecular weight excluding hydrogens is 258 g/mol. The second-order valence-corrected chi connectivity index (χ2v) is 5.03. The minimum absolute atomic E-state index is 0.0512. The van der Waals surface area contributed by atoms with Crippen molar-refractivity contribution >= 4 is 11.7 Å². The predicted molar refractivity (Wildman–Crippen MR) is 69.7 cm³/mol. The van der Waals surface area contributed by atoms with Gasteiger partial charge < -0.3 is 9.73 Å². The Balaban J connectivity index is 2.04. The molecule has 1 atom stereocenters. The molecule has 1 amide bonds. The van der Waals surface area contributed by atoms with E-state index in [4.69, 9.17) is 9.68 Å². The third kappa shape index (κ3) is 3.05. The van der Waals surface area contributed by atoms with Crippen LogP contribution >= 0.6 is 0 Å². The lowest BCUT2D eigenvalue weighted by molar-refractivity contribution is -0.123. The zero-order chi connectivity index (χ0) is 14.5. The van der Waals surface area contributed by atoms with E-state index in [9.17, 15) is 9.59 Å². The Labute approximate surface area is 117 Å². The number of oxazole rings is 1. The molecule has 1 aromatic heterocycles. The van der Waals surface area contributed by atoms with Crippen LogP contribution in [0.15, 0.2) is 10.8 Å². The van der Waals surface area contributed by atoms with Crippen molar-refractivity contribution in [2.45, 2.75) is 45.1 Å². The molecule has 1 saturated carbocycles.